The quantitative estimate of drug-likeness (QED) is 0.262. The predicted octanol–water partition coefficient (Wildman–Crippen LogP) is 3.88. The summed E-state index contributed by atoms with van der Waals surface area (Å²) in [7, 11) is -4.00. The van der Waals surface area contributed by atoms with Crippen molar-refractivity contribution in [2.24, 2.45) is 5.92 Å². The normalized spacial score (nSPS) is 14.1. The van der Waals surface area contributed by atoms with Crippen molar-refractivity contribution in [3.63, 3.8) is 0 Å². The molecule has 0 aliphatic carbocycles. The molecule has 3 aromatic rings. The van der Waals surface area contributed by atoms with Crippen LogP contribution < -0.4 is 19.6 Å². The van der Waals surface area contributed by atoms with Gasteiger partial charge in [-0.05, 0) is 47.7 Å². The highest BCUT2D eigenvalue weighted by atomic mass is 32.2. The lowest BCUT2D eigenvalue weighted by Crippen LogP contribution is -2.56. The summed E-state index contributed by atoms with van der Waals surface area (Å²) in [6.07, 6.45) is -2.80. The average molecular weight is 571 g/mol. The Morgan fingerprint density at radius 3 is 2.38 bits per heavy atom. The third-order valence-electron chi connectivity index (χ3n) is 6.36. The summed E-state index contributed by atoms with van der Waals surface area (Å²) >= 11 is 0. The number of nitrogens with zero attached hydrogens (tertiary/aromatic N) is 1. The van der Waals surface area contributed by atoms with Gasteiger partial charge in [0.2, 0.25) is 6.79 Å². The number of hydrogen-bond acceptors (Lipinski definition) is 8. The molecule has 3 N–H and O–H groups in total. The Morgan fingerprint density at radius 2 is 1.70 bits per heavy atom. The van der Waals surface area contributed by atoms with Gasteiger partial charge in [-0.2, -0.15) is 0 Å². The molecule has 4 rings (SSSR count). The van der Waals surface area contributed by atoms with E-state index in [1.807, 2.05) is 44.2 Å². The number of ether oxygens (including phenoxy) is 3. The lowest BCUT2D eigenvalue weighted by molar-refractivity contribution is 0.0300. The number of carbonyl (C=O) groups is 1. The fourth-order valence-electron chi connectivity index (χ4n) is 4.21. The molecule has 214 valence electrons. The molecule has 1 aliphatic rings. The van der Waals surface area contributed by atoms with E-state index in [0.717, 1.165) is 10.6 Å². The number of hydrogen-bond donors (Lipinski definition) is 3. The van der Waals surface area contributed by atoms with Crippen LogP contribution in [-0.2, 0) is 22.9 Å². The number of carboxylic acid groups (broad SMARTS) is 1. The van der Waals surface area contributed by atoms with E-state index in [2.05, 4.69) is 5.43 Å². The highest BCUT2D eigenvalue weighted by Crippen LogP contribution is 2.34. The number of nitrogens with one attached hydrogen (secondary N) is 1. The first-order valence-electron chi connectivity index (χ1n) is 12.9. The monoisotopic (exact) mass is 570 g/mol. The highest BCUT2D eigenvalue weighted by Gasteiger charge is 2.34. The van der Waals surface area contributed by atoms with Crippen molar-refractivity contribution in [1.82, 2.24) is 10.4 Å². The molecule has 2 atom stereocenters. The summed E-state index contributed by atoms with van der Waals surface area (Å²) in [4.78, 5) is 12.2. The number of amides is 1. The summed E-state index contributed by atoms with van der Waals surface area (Å²) in [5, 5.41) is 22.1. The molecule has 40 heavy (non-hydrogen) atoms. The first-order valence-corrected chi connectivity index (χ1v) is 14.6. The van der Waals surface area contributed by atoms with Crippen molar-refractivity contribution in [2.75, 3.05) is 19.1 Å². The van der Waals surface area contributed by atoms with Crippen LogP contribution in [0.3, 0.4) is 0 Å². The maximum atomic E-state index is 13.2. The van der Waals surface area contributed by atoms with Crippen molar-refractivity contribution in [1.29, 1.82) is 0 Å². The van der Waals surface area contributed by atoms with Gasteiger partial charge in [0.15, 0.2) is 21.3 Å². The van der Waals surface area contributed by atoms with Crippen molar-refractivity contribution >= 4 is 15.9 Å². The fourth-order valence-corrected chi connectivity index (χ4v) is 5.64. The zero-order chi connectivity index (χ0) is 28.7. The number of benzene rings is 3. The van der Waals surface area contributed by atoms with Crippen molar-refractivity contribution in [3.05, 3.63) is 83.9 Å². The molecule has 0 bridgehead atoms. The molecule has 0 radical (unpaired) electrons. The van der Waals surface area contributed by atoms with E-state index < -0.39 is 33.8 Å². The van der Waals surface area contributed by atoms with E-state index >= 15 is 0 Å². The van der Waals surface area contributed by atoms with Gasteiger partial charge in [-0.15, -0.1) is 0 Å². The van der Waals surface area contributed by atoms with Gasteiger partial charge < -0.3 is 24.4 Å². The van der Waals surface area contributed by atoms with Crippen LogP contribution in [0, 0.1) is 5.92 Å². The van der Waals surface area contributed by atoms with Gasteiger partial charge in [-0.1, -0.05) is 56.3 Å². The van der Waals surface area contributed by atoms with E-state index in [1.165, 1.54) is 18.2 Å². The number of aliphatic hydroxyl groups excluding tert-OH is 1. The molecule has 11 heteroatoms. The standard InChI is InChI=1S/C29H34N2O8S/c1-20(2)16-30-31(29(33)34)25(14-21-8-10-23(11-9-21)37-17-22-6-4-3-5-7-22)26(32)18-40(35,36)24-12-13-27-28(15-24)39-19-38-27/h3-13,15,20,25-26,30,32H,14,16-19H2,1-2H3,(H,33,34). The van der Waals surface area contributed by atoms with Gasteiger partial charge in [0.1, 0.15) is 12.4 Å². The summed E-state index contributed by atoms with van der Waals surface area (Å²) in [5.41, 5.74) is 4.57. The zero-order valence-electron chi connectivity index (χ0n) is 22.4. The minimum absolute atomic E-state index is 0.00525. The molecule has 2 unspecified atom stereocenters. The van der Waals surface area contributed by atoms with E-state index in [4.69, 9.17) is 14.2 Å². The number of rotatable bonds is 13. The van der Waals surface area contributed by atoms with Crippen molar-refractivity contribution in [3.8, 4) is 17.2 Å². The van der Waals surface area contributed by atoms with Crippen LogP contribution in [-0.4, -0.2) is 61.0 Å². The molecular formula is C29H34N2O8S. The van der Waals surface area contributed by atoms with Gasteiger partial charge in [-0.25, -0.2) is 23.6 Å². The maximum absolute atomic E-state index is 13.2. The van der Waals surface area contributed by atoms with Crippen LogP contribution in [0.1, 0.15) is 25.0 Å². The van der Waals surface area contributed by atoms with Gasteiger partial charge >= 0.3 is 6.09 Å². The molecule has 0 aromatic heterocycles. The third kappa shape index (κ3) is 7.65. The molecule has 0 saturated carbocycles. The minimum atomic E-state index is -4.00. The van der Waals surface area contributed by atoms with Gasteiger partial charge in [0.05, 0.1) is 22.8 Å². The predicted molar refractivity (Wildman–Crippen MR) is 148 cm³/mol. The van der Waals surface area contributed by atoms with E-state index in [9.17, 15) is 23.4 Å². The van der Waals surface area contributed by atoms with Crippen LogP contribution in [0.25, 0.3) is 0 Å². The van der Waals surface area contributed by atoms with Crippen LogP contribution in [0.4, 0.5) is 4.79 Å². The van der Waals surface area contributed by atoms with Gasteiger partial charge in [0.25, 0.3) is 0 Å². The first kappa shape index (κ1) is 29.2. The topological polar surface area (TPSA) is 135 Å². The Bertz CT molecular complexity index is 1380. The number of fused-ring (bicyclic) bond motifs is 1. The first-order chi connectivity index (χ1) is 19.1. The average Bonchev–Trinajstić information content (AvgIpc) is 3.40. The van der Waals surface area contributed by atoms with Crippen LogP contribution in [0.15, 0.2) is 77.7 Å². The zero-order valence-corrected chi connectivity index (χ0v) is 23.2. The molecule has 0 fully saturated rings. The molecule has 1 heterocycles. The van der Waals surface area contributed by atoms with Crippen molar-refractivity contribution in [2.45, 2.75) is 43.9 Å². The SMILES string of the molecule is CC(C)CNN(C(=O)O)C(Cc1ccc(OCc2ccccc2)cc1)C(O)CS(=O)(=O)c1ccc2c(c1)OCO2. The van der Waals surface area contributed by atoms with E-state index in [1.54, 1.807) is 24.3 Å². The molecule has 10 nitrogen and oxygen atoms in total. The second-order valence-corrected chi connectivity index (χ2v) is 12.0. The van der Waals surface area contributed by atoms with Gasteiger partial charge in [0, 0.05) is 12.6 Å². The number of aliphatic hydroxyl groups is 1. The summed E-state index contributed by atoms with van der Waals surface area (Å²) < 4.78 is 42.8. The third-order valence-corrected chi connectivity index (χ3v) is 8.11. The summed E-state index contributed by atoms with van der Waals surface area (Å²) in [6, 6.07) is 19.9. The number of sulfone groups is 1. The molecule has 1 amide bonds. The maximum Gasteiger partial charge on any atom is 0.422 e. The van der Waals surface area contributed by atoms with Crippen LogP contribution in [0.2, 0.25) is 0 Å². The van der Waals surface area contributed by atoms with E-state index in [-0.39, 0.29) is 24.0 Å². The molecule has 1 aliphatic heterocycles. The smallest absolute Gasteiger partial charge is 0.422 e. The lowest BCUT2D eigenvalue weighted by atomic mass is 10.0. The van der Waals surface area contributed by atoms with Crippen molar-refractivity contribution < 1.29 is 37.6 Å². The van der Waals surface area contributed by atoms with E-state index in [0.29, 0.717) is 36.0 Å². The molecule has 0 saturated heterocycles. The Hall–Kier alpha value is -3.80. The molecule has 3 aromatic carbocycles. The molecule has 0 spiro atoms. The largest absolute Gasteiger partial charge is 0.489 e. The lowest BCUT2D eigenvalue weighted by Gasteiger charge is -2.33. The minimum Gasteiger partial charge on any atom is -0.489 e. The fraction of sp³-hybridized carbons (Fsp3) is 0.345. The summed E-state index contributed by atoms with van der Waals surface area (Å²) in [6.45, 7) is 4.53. The Balaban J connectivity index is 1.52. The summed E-state index contributed by atoms with van der Waals surface area (Å²) in [5.74, 6) is 0.778. The van der Waals surface area contributed by atoms with Gasteiger partial charge in [-0.3, -0.25) is 0 Å². The Labute approximate surface area is 234 Å². The highest BCUT2D eigenvalue weighted by molar-refractivity contribution is 7.91. The second-order valence-electron chi connectivity index (χ2n) is 9.96. The Kier molecular flexibility index (Phi) is 9.51. The Morgan fingerprint density at radius 1 is 1.00 bits per heavy atom. The van der Waals surface area contributed by atoms with Crippen LogP contribution >= 0.6 is 0 Å². The second kappa shape index (κ2) is 13.0. The molecular weight excluding hydrogens is 536 g/mol. The van der Waals surface area contributed by atoms with Crippen LogP contribution in [0.5, 0.6) is 17.2 Å². The number of hydrazine groups is 1.